The molecule has 0 aromatic carbocycles. The standard InChI is InChI=1S/C12H20FN3/c1-8(2)10(7-14)11(13)5-9-3-4-16-12(15)6-9/h3-4,6,8,10-11H,5,7,14H2,1-2H3,(H2,15,16). The van der Waals surface area contributed by atoms with Crippen LogP contribution in [0.1, 0.15) is 19.4 Å². The Morgan fingerprint density at radius 1 is 1.44 bits per heavy atom. The molecule has 2 unspecified atom stereocenters. The van der Waals surface area contributed by atoms with Crippen LogP contribution in [0.5, 0.6) is 0 Å². The molecule has 0 fully saturated rings. The first-order chi connectivity index (χ1) is 7.54. The van der Waals surface area contributed by atoms with Crippen LogP contribution < -0.4 is 11.5 Å². The maximum Gasteiger partial charge on any atom is 0.123 e. The Bertz CT molecular complexity index is 328. The SMILES string of the molecule is CC(C)C(CN)C(F)Cc1ccnc(N)c1. The number of hydrogen-bond acceptors (Lipinski definition) is 3. The highest BCUT2D eigenvalue weighted by molar-refractivity contribution is 5.32. The van der Waals surface area contributed by atoms with Crippen LogP contribution in [-0.2, 0) is 6.42 Å². The lowest BCUT2D eigenvalue weighted by molar-refractivity contribution is 0.185. The smallest absolute Gasteiger partial charge is 0.123 e. The molecule has 1 heterocycles. The minimum Gasteiger partial charge on any atom is -0.384 e. The predicted octanol–water partition coefficient (Wildman–Crippen LogP) is 1.78. The molecule has 1 rings (SSSR count). The topological polar surface area (TPSA) is 64.9 Å². The predicted molar refractivity (Wildman–Crippen MR) is 64.6 cm³/mol. The van der Waals surface area contributed by atoms with Gasteiger partial charge in [0.2, 0.25) is 0 Å². The third kappa shape index (κ3) is 3.45. The number of alkyl halides is 1. The molecule has 1 aromatic rings. The molecule has 4 N–H and O–H groups in total. The summed E-state index contributed by atoms with van der Waals surface area (Å²) in [6.07, 6.45) is 1.03. The van der Waals surface area contributed by atoms with Crippen LogP contribution >= 0.6 is 0 Å². The summed E-state index contributed by atoms with van der Waals surface area (Å²) in [4.78, 5) is 3.88. The highest BCUT2D eigenvalue weighted by atomic mass is 19.1. The van der Waals surface area contributed by atoms with Gasteiger partial charge in [-0.2, -0.15) is 0 Å². The summed E-state index contributed by atoms with van der Waals surface area (Å²) in [6.45, 7) is 4.36. The first kappa shape index (κ1) is 12.9. The van der Waals surface area contributed by atoms with E-state index in [1.54, 1.807) is 18.3 Å². The molecular weight excluding hydrogens is 205 g/mol. The number of nitrogen functional groups attached to an aromatic ring is 1. The van der Waals surface area contributed by atoms with Gasteiger partial charge in [0, 0.05) is 18.5 Å². The van der Waals surface area contributed by atoms with Crippen molar-refractivity contribution in [3.05, 3.63) is 23.9 Å². The van der Waals surface area contributed by atoms with Gasteiger partial charge < -0.3 is 11.5 Å². The molecule has 0 aliphatic rings. The summed E-state index contributed by atoms with van der Waals surface area (Å²) in [6, 6.07) is 3.50. The Hall–Kier alpha value is -1.16. The van der Waals surface area contributed by atoms with Crippen molar-refractivity contribution in [3.63, 3.8) is 0 Å². The number of rotatable bonds is 5. The molecule has 90 valence electrons. The molecule has 0 saturated carbocycles. The third-order valence-electron chi connectivity index (χ3n) is 2.87. The minimum atomic E-state index is -0.924. The largest absolute Gasteiger partial charge is 0.384 e. The molecular formula is C12H20FN3. The summed E-state index contributed by atoms with van der Waals surface area (Å²) in [7, 11) is 0. The number of nitrogens with zero attached hydrogens (tertiary/aromatic N) is 1. The number of nitrogens with two attached hydrogens (primary N) is 2. The Labute approximate surface area is 96.1 Å². The Balaban J connectivity index is 2.66. The molecule has 16 heavy (non-hydrogen) atoms. The van der Waals surface area contributed by atoms with Crippen molar-refractivity contribution in [2.45, 2.75) is 26.4 Å². The van der Waals surface area contributed by atoms with E-state index in [1.807, 2.05) is 13.8 Å². The fourth-order valence-electron chi connectivity index (χ4n) is 1.84. The van der Waals surface area contributed by atoms with Gasteiger partial charge in [-0.25, -0.2) is 9.37 Å². The summed E-state index contributed by atoms with van der Waals surface area (Å²) >= 11 is 0. The maximum absolute atomic E-state index is 14.0. The fraction of sp³-hybridized carbons (Fsp3) is 0.583. The van der Waals surface area contributed by atoms with Crippen LogP contribution in [0.4, 0.5) is 10.2 Å². The van der Waals surface area contributed by atoms with E-state index in [2.05, 4.69) is 4.98 Å². The number of aromatic nitrogens is 1. The first-order valence-electron chi connectivity index (χ1n) is 5.59. The Morgan fingerprint density at radius 2 is 2.12 bits per heavy atom. The Kier molecular flexibility index (Phi) is 4.68. The summed E-state index contributed by atoms with van der Waals surface area (Å²) < 4.78 is 14.0. The van der Waals surface area contributed by atoms with Gasteiger partial charge in [-0.05, 0) is 30.2 Å². The quantitative estimate of drug-likeness (QED) is 0.802. The van der Waals surface area contributed by atoms with Gasteiger partial charge >= 0.3 is 0 Å². The van der Waals surface area contributed by atoms with Crippen molar-refractivity contribution in [2.75, 3.05) is 12.3 Å². The van der Waals surface area contributed by atoms with E-state index in [4.69, 9.17) is 11.5 Å². The minimum absolute atomic E-state index is 0.102. The number of pyridine rings is 1. The zero-order chi connectivity index (χ0) is 12.1. The van der Waals surface area contributed by atoms with Crippen LogP contribution in [0.15, 0.2) is 18.3 Å². The van der Waals surface area contributed by atoms with Crippen LogP contribution in [0.25, 0.3) is 0 Å². The van der Waals surface area contributed by atoms with Crippen LogP contribution in [0.3, 0.4) is 0 Å². The van der Waals surface area contributed by atoms with Crippen molar-refractivity contribution in [2.24, 2.45) is 17.6 Å². The fourth-order valence-corrected chi connectivity index (χ4v) is 1.84. The van der Waals surface area contributed by atoms with Gasteiger partial charge in [-0.1, -0.05) is 13.8 Å². The summed E-state index contributed by atoms with van der Waals surface area (Å²) in [5.74, 6) is 0.576. The van der Waals surface area contributed by atoms with Gasteiger partial charge in [-0.3, -0.25) is 0 Å². The molecule has 0 spiro atoms. The first-order valence-corrected chi connectivity index (χ1v) is 5.59. The molecule has 4 heteroatoms. The average molecular weight is 225 g/mol. The maximum atomic E-state index is 14.0. The monoisotopic (exact) mass is 225 g/mol. The van der Waals surface area contributed by atoms with Gasteiger partial charge in [0.15, 0.2) is 0 Å². The van der Waals surface area contributed by atoms with E-state index in [9.17, 15) is 4.39 Å². The van der Waals surface area contributed by atoms with Gasteiger partial charge in [0.25, 0.3) is 0 Å². The van der Waals surface area contributed by atoms with Crippen LogP contribution in [0, 0.1) is 11.8 Å². The van der Waals surface area contributed by atoms with Gasteiger partial charge in [0.05, 0.1) is 0 Å². The molecule has 2 atom stereocenters. The van der Waals surface area contributed by atoms with E-state index in [1.165, 1.54) is 0 Å². The zero-order valence-electron chi connectivity index (χ0n) is 9.86. The van der Waals surface area contributed by atoms with Crippen molar-refractivity contribution in [1.29, 1.82) is 0 Å². The lowest BCUT2D eigenvalue weighted by Crippen LogP contribution is -2.30. The van der Waals surface area contributed by atoms with Crippen LogP contribution in [0.2, 0.25) is 0 Å². The third-order valence-corrected chi connectivity index (χ3v) is 2.87. The van der Waals surface area contributed by atoms with Crippen molar-refractivity contribution >= 4 is 5.82 Å². The molecule has 0 aliphatic heterocycles. The lowest BCUT2D eigenvalue weighted by Gasteiger charge is -2.23. The second kappa shape index (κ2) is 5.80. The molecule has 1 aromatic heterocycles. The summed E-state index contributed by atoms with van der Waals surface area (Å²) in [5.41, 5.74) is 12.0. The summed E-state index contributed by atoms with van der Waals surface area (Å²) in [5, 5.41) is 0. The normalized spacial score (nSPS) is 15.1. The molecule has 0 aliphatic carbocycles. The molecule has 0 bridgehead atoms. The number of hydrogen-bond donors (Lipinski definition) is 2. The molecule has 0 amide bonds. The van der Waals surface area contributed by atoms with E-state index < -0.39 is 6.17 Å². The Morgan fingerprint density at radius 3 is 2.62 bits per heavy atom. The zero-order valence-corrected chi connectivity index (χ0v) is 9.86. The number of halogens is 1. The molecule has 0 saturated heterocycles. The van der Waals surface area contributed by atoms with Gasteiger partial charge in [0.1, 0.15) is 12.0 Å². The van der Waals surface area contributed by atoms with E-state index in [-0.39, 0.29) is 11.8 Å². The van der Waals surface area contributed by atoms with Crippen molar-refractivity contribution < 1.29 is 4.39 Å². The molecule has 3 nitrogen and oxygen atoms in total. The highest BCUT2D eigenvalue weighted by Gasteiger charge is 2.23. The second-order valence-electron chi connectivity index (χ2n) is 4.45. The van der Waals surface area contributed by atoms with Gasteiger partial charge in [-0.15, -0.1) is 0 Å². The lowest BCUT2D eigenvalue weighted by atomic mass is 9.88. The van der Waals surface area contributed by atoms with Crippen molar-refractivity contribution in [1.82, 2.24) is 4.98 Å². The average Bonchev–Trinajstić information content (AvgIpc) is 2.17. The van der Waals surface area contributed by atoms with E-state index in [0.29, 0.717) is 18.8 Å². The van der Waals surface area contributed by atoms with E-state index >= 15 is 0 Å². The highest BCUT2D eigenvalue weighted by Crippen LogP contribution is 2.21. The van der Waals surface area contributed by atoms with Crippen LogP contribution in [-0.4, -0.2) is 17.7 Å². The second-order valence-corrected chi connectivity index (χ2v) is 4.45. The van der Waals surface area contributed by atoms with Crippen molar-refractivity contribution in [3.8, 4) is 0 Å². The number of anilines is 1. The molecule has 0 radical (unpaired) electrons. The van der Waals surface area contributed by atoms with E-state index in [0.717, 1.165) is 5.56 Å².